The Morgan fingerprint density at radius 1 is 1.22 bits per heavy atom. The van der Waals surface area contributed by atoms with Crippen LogP contribution in [0.3, 0.4) is 0 Å². The normalized spacial score (nSPS) is 14.7. The highest BCUT2D eigenvalue weighted by Gasteiger charge is 2.36. The number of rotatable bonds is 7. The Hall–Kier alpha value is -3.18. The molecule has 166 valence electrons. The number of carbonyl (C=O) groups excluding carboxylic acids is 3. The van der Waals surface area contributed by atoms with Crippen molar-refractivity contribution in [2.45, 2.75) is 20.4 Å². The number of halogens is 1. The van der Waals surface area contributed by atoms with Crippen molar-refractivity contribution >= 4 is 56.6 Å². The third-order valence-electron chi connectivity index (χ3n) is 4.27. The molecule has 11 heteroatoms. The summed E-state index contributed by atoms with van der Waals surface area (Å²) in [6.45, 7) is 2.95. The first kappa shape index (κ1) is 23.5. The zero-order valence-corrected chi connectivity index (χ0v) is 19.4. The molecule has 0 saturated carbocycles. The summed E-state index contributed by atoms with van der Waals surface area (Å²) in [5.41, 5.74) is 0.334. The van der Waals surface area contributed by atoms with E-state index in [2.05, 4.69) is 15.9 Å². The van der Waals surface area contributed by atoms with Gasteiger partial charge in [-0.2, -0.15) is 0 Å². The highest BCUT2D eigenvalue weighted by Crippen LogP contribution is 2.42. The molecule has 2 aromatic carbocycles. The summed E-state index contributed by atoms with van der Waals surface area (Å²) in [5, 5.41) is 11.3. The van der Waals surface area contributed by atoms with Gasteiger partial charge in [0.25, 0.3) is 11.1 Å². The number of ether oxygens (including phenoxy) is 2. The molecular formula is C21H17BrN2O7S. The van der Waals surface area contributed by atoms with Crippen molar-refractivity contribution in [3.05, 3.63) is 67.0 Å². The van der Waals surface area contributed by atoms with Crippen LogP contribution in [-0.4, -0.2) is 33.5 Å². The lowest BCUT2D eigenvalue weighted by Gasteiger charge is -2.13. The van der Waals surface area contributed by atoms with Gasteiger partial charge in [0.05, 0.1) is 28.5 Å². The van der Waals surface area contributed by atoms with E-state index in [9.17, 15) is 24.5 Å². The van der Waals surface area contributed by atoms with Crippen LogP contribution in [0.25, 0.3) is 6.08 Å². The van der Waals surface area contributed by atoms with E-state index in [0.29, 0.717) is 11.8 Å². The Labute approximate surface area is 195 Å². The molecule has 0 aromatic heterocycles. The predicted molar refractivity (Wildman–Crippen MR) is 121 cm³/mol. The second-order valence-corrected chi connectivity index (χ2v) is 8.42. The fourth-order valence-electron chi connectivity index (χ4n) is 2.94. The van der Waals surface area contributed by atoms with Crippen molar-refractivity contribution in [1.29, 1.82) is 0 Å². The topological polar surface area (TPSA) is 116 Å². The standard InChI is InChI=1S/C21H17BrN2O7S/c1-3-30-19-16(31-12(2)25)9-6-14(18(19)24(28)29)10-17-20(26)23(21(27)32-17)11-13-4-7-15(22)8-5-13/h4-10H,3,11H2,1-2H3/b17-10-. The molecule has 0 aliphatic carbocycles. The quantitative estimate of drug-likeness (QED) is 0.166. The third kappa shape index (κ3) is 5.17. The Bertz CT molecular complexity index is 1130. The number of imide groups is 1. The summed E-state index contributed by atoms with van der Waals surface area (Å²) in [4.78, 5) is 48.8. The number of nitrogens with zero attached hydrogens (tertiary/aromatic N) is 2. The molecule has 0 N–H and O–H groups in total. The van der Waals surface area contributed by atoms with Gasteiger partial charge in [-0.05, 0) is 54.6 Å². The van der Waals surface area contributed by atoms with E-state index in [1.165, 1.54) is 18.2 Å². The molecule has 0 bridgehead atoms. The minimum atomic E-state index is -0.685. The van der Waals surface area contributed by atoms with Crippen LogP contribution in [0.2, 0.25) is 0 Å². The van der Waals surface area contributed by atoms with Crippen LogP contribution in [0.1, 0.15) is 25.0 Å². The minimum absolute atomic E-state index is 0.0397. The number of hydrogen-bond donors (Lipinski definition) is 0. The zero-order chi connectivity index (χ0) is 23.4. The van der Waals surface area contributed by atoms with Crippen LogP contribution < -0.4 is 9.47 Å². The molecule has 1 aliphatic rings. The van der Waals surface area contributed by atoms with E-state index < -0.39 is 27.7 Å². The van der Waals surface area contributed by atoms with Crippen LogP contribution >= 0.6 is 27.7 Å². The van der Waals surface area contributed by atoms with Gasteiger partial charge in [0.15, 0.2) is 5.75 Å². The van der Waals surface area contributed by atoms with Gasteiger partial charge in [0, 0.05) is 11.4 Å². The molecule has 1 fully saturated rings. The van der Waals surface area contributed by atoms with E-state index in [4.69, 9.17) is 9.47 Å². The number of thioether (sulfide) groups is 1. The van der Waals surface area contributed by atoms with Crippen molar-refractivity contribution < 1.29 is 28.8 Å². The van der Waals surface area contributed by atoms with Crippen LogP contribution in [-0.2, 0) is 16.1 Å². The molecule has 9 nitrogen and oxygen atoms in total. The van der Waals surface area contributed by atoms with E-state index >= 15 is 0 Å². The molecule has 32 heavy (non-hydrogen) atoms. The monoisotopic (exact) mass is 520 g/mol. The van der Waals surface area contributed by atoms with Gasteiger partial charge in [-0.25, -0.2) is 0 Å². The van der Waals surface area contributed by atoms with Gasteiger partial charge in [0.1, 0.15) is 0 Å². The molecule has 0 radical (unpaired) electrons. The number of hydrogen-bond acceptors (Lipinski definition) is 8. The second kappa shape index (κ2) is 9.96. The summed E-state index contributed by atoms with van der Waals surface area (Å²) in [5.74, 6) is -1.55. The average molecular weight is 521 g/mol. The predicted octanol–water partition coefficient (Wildman–Crippen LogP) is 4.92. The van der Waals surface area contributed by atoms with Gasteiger partial charge in [-0.1, -0.05) is 28.1 Å². The number of nitro groups is 1. The maximum Gasteiger partial charge on any atom is 0.322 e. The van der Waals surface area contributed by atoms with E-state index in [0.717, 1.165) is 21.9 Å². The summed E-state index contributed by atoms with van der Waals surface area (Å²) >= 11 is 4.02. The summed E-state index contributed by atoms with van der Waals surface area (Å²) in [7, 11) is 0. The number of nitro benzene ring substituents is 1. The van der Waals surface area contributed by atoms with E-state index in [1.807, 2.05) is 0 Å². The lowest BCUT2D eigenvalue weighted by Crippen LogP contribution is -2.27. The molecular weight excluding hydrogens is 504 g/mol. The van der Waals surface area contributed by atoms with Gasteiger partial charge in [-0.3, -0.25) is 29.4 Å². The van der Waals surface area contributed by atoms with E-state index in [1.54, 1.807) is 31.2 Å². The van der Waals surface area contributed by atoms with Crippen molar-refractivity contribution in [2.24, 2.45) is 0 Å². The summed E-state index contributed by atoms with van der Waals surface area (Å²) < 4.78 is 11.3. The third-order valence-corrected chi connectivity index (χ3v) is 5.70. The van der Waals surface area contributed by atoms with Crippen molar-refractivity contribution in [1.82, 2.24) is 4.90 Å². The highest BCUT2D eigenvalue weighted by atomic mass is 79.9. The fraction of sp³-hybridized carbons (Fsp3) is 0.190. The molecule has 3 rings (SSSR count). The average Bonchev–Trinajstić information content (AvgIpc) is 2.98. The van der Waals surface area contributed by atoms with Crippen LogP contribution in [0, 0.1) is 10.1 Å². The first-order valence-corrected chi connectivity index (χ1v) is 10.9. The van der Waals surface area contributed by atoms with Gasteiger partial charge < -0.3 is 9.47 Å². The second-order valence-electron chi connectivity index (χ2n) is 6.51. The molecule has 0 unspecified atom stereocenters. The Morgan fingerprint density at radius 3 is 2.50 bits per heavy atom. The molecule has 1 heterocycles. The molecule has 1 saturated heterocycles. The smallest absolute Gasteiger partial charge is 0.322 e. The minimum Gasteiger partial charge on any atom is -0.485 e. The molecule has 1 aliphatic heterocycles. The SMILES string of the molecule is CCOc1c(OC(C)=O)ccc(/C=C2\SC(=O)N(Cc3ccc(Br)cc3)C2=O)c1[N+](=O)[O-]. The van der Waals surface area contributed by atoms with Crippen LogP contribution in [0.4, 0.5) is 10.5 Å². The highest BCUT2D eigenvalue weighted by molar-refractivity contribution is 9.10. The van der Waals surface area contributed by atoms with Gasteiger partial charge >= 0.3 is 11.7 Å². The Balaban J connectivity index is 1.98. The molecule has 2 aromatic rings. The van der Waals surface area contributed by atoms with Crippen molar-refractivity contribution in [3.8, 4) is 11.5 Å². The number of amides is 2. The van der Waals surface area contributed by atoms with E-state index in [-0.39, 0.29) is 35.1 Å². The number of esters is 1. The lowest BCUT2D eigenvalue weighted by atomic mass is 10.1. The van der Waals surface area contributed by atoms with Gasteiger partial charge in [-0.15, -0.1) is 0 Å². The van der Waals surface area contributed by atoms with Gasteiger partial charge in [0.2, 0.25) is 5.75 Å². The zero-order valence-electron chi connectivity index (χ0n) is 17.0. The fourth-order valence-corrected chi connectivity index (χ4v) is 4.04. The maximum absolute atomic E-state index is 12.8. The van der Waals surface area contributed by atoms with Crippen molar-refractivity contribution in [2.75, 3.05) is 6.61 Å². The lowest BCUT2D eigenvalue weighted by molar-refractivity contribution is -0.386. The maximum atomic E-state index is 12.8. The molecule has 0 atom stereocenters. The van der Waals surface area contributed by atoms with Crippen LogP contribution in [0.15, 0.2) is 45.8 Å². The van der Waals surface area contributed by atoms with Crippen molar-refractivity contribution in [3.63, 3.8) is 0 Å². The number of carbonyl (C=O) groups is 3. The molecule has 2 amide bonds. The number of benzene rings is 2. The summed E-state index contributed by atoms with van der Waals surface area (Å²) in [6.07, 6.45) is 1.27. The Kier molecular flexibility index (Phi) is 7.31. The molecule has 0 spiro atoms. The Morgan fingerprint density at radius 2 is 1.91 bits per heavy atom. The van der Waals surface area contributed by atoms with Crippen LogP contribution in [0.5, 0.6) is 11.5 Å². The largest absolute Gasteiger partial charge is 0.485 e. The first-order chi connectivity index (χ1) is 15.2. The first-order valence-electron chi connectivity index (χ1n) is 9.33. The summed E-state index contributed by atoms with van der Waals surface area (Å²) in [6, 6.07) is 9.84.